The first kappa shape index (κ1) is 57.7. The van der Waals surface area contributed by atoms with Crippen molar-refractivity contribution in [2.24, 2.45) is 11.7 Å². The van der Waals surface area contributed by atoms with Crippen molar-refractivity contribution >= 4 is 52.8 Å². The number of rotatable bonds is 8. The molecule has 9 atom stereocenters. The summed E-state index contributed by atoms with van der Waals surface area (Å²) in [4.78, 5) is 72.2. The summed E-state index contributed by atoms with van der Waals surface area (Å²) in [7, 11) is 1.63. The van der Waals surface area contributed by atoms with Gasteiger partial charge in [0.25, 0.3) is 0 Å². The number of hydrogen-bond donors (Lipinski definition) is 13. The molecule has 20 nitrogen and oxygen atoms in total. The zero-order valence-electron chi connectivity index (χ0n) is 43.8. The largest absolute Gasteiger partial charge is 0.508 e. The molecule has 10 rings (SSSR count). The van der Waals surface area contributed by atoms with Crippen LogP contribution in [-0.2, 0) is 24.0 Å². The van der Waals surface area contributed by atoms with Gasteiger partial charge in [-0.25, -0.2) is 4.79 Å². The number of carboxylic acids is 1. The number of carboxylic acid groups (broad SMARTS) is 1. The van der Waals surface area contributed by atoms with Crippen molar-refractivity contribution in [1.82, 2.24) is 37.2 Å². The standard InChI is InChI=1S/C58H60Cl2N8O12/c1-8-38-48-33-21-44(79-42-14-12-31(19-36(42)59)52(71)47(65-54(73)39(62-7)16-25(2)3)28(6)63-40(17-26(4)61)55(74)66-48)27(5)45(22-33)80-43-15-13-32(20-37(43)60)53(72)51-57(76)67-50(58(77)78)35-23-34(69)24-41(70)46(35)29-10-9-11-30(18-29)49(64-38)56(75)68-51/h9-15,18-25,39-40,47-53,62-64,69-72H,1,4,6,16-17,61H2,2-3,5,7H3,(H,65,73)(H,66,74)(H,67,76)(H,68,75)(H,77,78)/t39-,40+,47+,48-,49-,50+,51+,52-,53-/m1/s1. The molecule has 0 aliphatic carbocycles. The number of carbonyl (C=O) groups is 5. The second-order valence-electron chi connectivity index (χ2n) is 20.1. The van der Waals surface area contributed by atoms with E-state index >= 15 is 9.59 Å². The highest BCUT2D eigenvalue weighted by Crippen LogP contribution is 2.44. The second kappa shape index (κ2) is 23.9. The van der Waals surface area contributed by atoms with E-state index in [9.17, 15) is 39.9 Å². The molecule has 0 spiro atoms. The highest BCUT2D eigenvalue weighted by molar-refractivity contribution is 6.32. The number of ether oxygens (including phenoxy) is 2. The Bertz CT molecular complexity index is 3400. The SMILES string of the molecule is C=C=C1N[C@H]2C(=O)N[C@H](C(=O)N[C@H](C(=O)O)c3cc(O)cc(O)c3-c3cccc2c3)[C@H](O)c2ccc(c(Cl)c2)Oc2cc3cc(c2C)Oc2ccc(cc2Cl)[C@@H](O)[C@@H](NC(=O)[C@@H](CC(C)C)NC)C(=C)N[C@@H](CC(=C)N)C(=O)N[C@@H]13. The molecule has 0 saturated heterocycles. The molecule has 5 heterocycles. The van der Waals surface area contributed by atoms with Crippen molar-refractivity contribution in [3.63, 3.8) is 0 Å². The Kier molecular flexibility index (Phi) is 17.2. The molecule has 0 radical (unpaired) electrons. The van der Waals surface area contributed by atoms with Gasteiger partial charge >= 0.3 is 5.97 Å². The molecule has 80 heavy (non-hydrogen) atoms. The molecule has 5 aliphatic rings. The van der Waals surface area contributed by atoms with Crippen LogP contribution >= 0.6 is 23.2 Å². The predicted octanol–water partition coefficient (Wildman–Crippen LogP) is 6.41. The van der Waals surface area contributed by atoms with Gasteiger partial charge in [0, 0.05) is 40.6 Å². The molecule has 14 N–H and O–H groups in total. The van der Waals surface area contributed by atoms with Gasteiger partial charge in [0.1, 0.15) is 70.9 Å². The Morgan fingerprint density at radius 3 is 1.99 bits per heavy atom. The number of benzene rings is 5. The summed E-state index contributed by atoms with van der Waals surface area (Å²) in [5.74, 6) is -5.77. The molecule has 5 aliphatic heterocycles. The van der Waals surface area contributed by atoms with Crippen LogP contribution < -0.4 is 52.4 Å². The Balaban J connectivity index is 1.37. The molecule has 0 aromatic heterocycles. The molecular weight excluding hydrogens is 1070 g/mol. The lowest BCUT2D eigenvalue weighted by atomic mass is 9.90. The lowest BCUT2D eigenvalue weighted by Gasteiger charge is -2.33. The highest BCUT2D eigenvalue weighted by atomic mass is 35.5. The van der Waals surface area contributed by atoms with Gasteiger partial charge in [0.05, 0.1) is 27.8 Å². The number of aliphatic carboxylic acids is 1. The Morgan fingerprint density at radius 2 is 1.41 bits per heavy atom. The number of nitrogens with one attached hydrogen (secondary N) is 7. The highest BCUT2D eigenvalue weighted by Gasteiger charge is 2.40. The van der Waals surface area contributed by atoms with Crippen molar-refractivity contribution in [2.75, 3.05) is 7.05 Å². The molecule has 22 heteroatoms. The smallest absolute Gasteiger partial charge is 0.330 e. The van der Waals surface area contributed by atoms with Crippen molar-refractivity contribution in [3.05, 3.63) is 171 Å². The van der Waals surface area contributed by atoms with E-state index in [0.29, 0.717) is 12.0 Å². The van der Waals surface area contributed by atoms with E-state index in [1.54, 1.807) is 32.2 Å². The van der Waals surface area contributed by atoms with Gasteiger partial charge in [0.15, 0.2) is 6.04 Å². The zero-order valence-corrected chi connectivity index (χ0v) is 45.3. The predicted molar refractivity (Wildman–Crippen MR) is 297 cm³/mol. The number of aliphatic hydroxyl groups is 2. The van der Waals surface area contributed by atoms with Crippen LogP contribution in [0.4, 0.5) is 0 Å². The first-order valence-electron chi connectivity index (χ1n) is 25.2. The number of fused-ring (bicyclic) bond motifs is 15. The minimum atomic E-state index is -1.98. The molecule has 5 aromatic carbocycles. The molecule has 5 aromatic rings. The van der Waals surface area contributed by atoms with Gasteiger partial charge in [-0.3, -0.25) is 19.2 Å². The van der Waals surface area contributed by atoms with Gasteiger partial charge in [-0.15, -0.1) is 5.73 Å². The third-order valence-corrected chi connectivity index (χ3v) is 14.5. The molecule has 0 saturated carbocycles. The van der Waals surface area contributed by atoms with Crippen LogP contribution in [0.2, 0.25) is 10.0 Å². The summed E-state index contributed by atoms with van der Waals surface area (Å²) in [5, 5.41) is 77.2. The maximum atomic E-state index is 15.3. The maximum absolute atomic E-state index is 15.3. The van der Waals surface area contributed by atoms with Crippen LogP contribution in [-0.4, -0.2) is 86.3 Å². The summed E-state index contributed by atoms with van der Waals surface area (Å²) < 4.78 is 13.1. The quantitative estimate of drug-likeness (QED) is 0.0747. The van der Waals surface area contributed by atoms with E-state index in [2.05, 4.69) is 62.7 Å². The molecule has 0 fully saturated rings. The van der Waals surface area contributed by atoms with Crippen molar-refractivity contribution in [3.8, 4) is 45.6 Å². The third-order valence-electron chi connectivity index (χ3n) is 13.9. The molecule has 0 unspecified atom stereocenters. The average molecular weight is 1130 g/mol. The van der Waals surface area contributed by atoms with E-state index in [1.807, 2.05) is 13.8 Å². The number of halogens is 2. The first-order chi connectivity index (χ1) is 38.0. The normalized spacial score (nSPS) is 22.3. The summed E-state index contributed by atoms with van der Waals surface area (Å²) in [6.45, 7) is 17.6. The topological polar surface area (TPSA) is 315 Å². The van der Waals surface area contributed by atoms with Crippen LogP contribution in [0.1, 0.15) is 90.4 Å². The van der Waals surface area contributed by atoms with Gasteiger partial charge < -0.3 is 78.0 Å². The minimum Gasteiger partial charge on any atom is -0.508 e. The fourth-order valence-corrected chi connectivity index (χ4v) is 10.3. The first-order valence-corrected chi connectivity index (χ1v) is 26.0. The number of likely N-dealkylation sites (N-methyl/N-ethyl adjacent to an activating group) is 1. The Labute approximate surface area is 470 Å². The molecular formula is C58H60Cl2N8O12. The van der Waals surface area contributed by atoms with E-state index in [1.165, 1.54) is 54.6 Å². The minimum absolute atomic E-state index is 0.0167. The Morgan fingerprint density at radius 1 is 0.775 bits per heavy atom. The molecule has 4 amide bonds. The van der Waals surface area contributed by atoms with E-state index in [0.717, 1.165) is 12.1 Å². The van der Waals surface area contributed by atoms with Crippen LogP contribution in [0.15, 0.2) is 127 Å². The van der Waals surface area contributed by atoms with E-state index < -0.39 is 95.6 Å². The lowest BCUT2D eigenvalue weighted by molar-refractivity contribution is -0.143. The van der Waals surface area contributed by atoms with Gasteiger partial charge in [-0.05, 0) is 103 Å². The van der Waals surface area contributed by atoms with Crippen molar-refractivity contribution < 1.29 is 59.0 Å². The van der Waals surface area contributed by atoms with Crippen molar-refractivity contribution in [1.29, 1.82) is 0 Å². The van der Waals surface area contributed by atoms with Crippen LogP contribution in [0, 0.1) is 12.8 Å². The summed E-state index contributed by atoms with van der Waals surface area (Å²) in [5.41, 5.74) is 9.64. The van der Waals surface area contributed by atoms with Gasteiger partial charge in [0.2, 0.25) is 23.6 Å². The fourth-order valence-electron chi connectivity index (χ4n) is 9.81. The lowest BCUT2D eigenvalue weighted by Crippen LogP contribution is -2.54. The summed E-state index contributed by atoms with van der Waals surface area (Å²) in [6, 6.07) is 9.38. The number of phenols is 2. The summed E-state index contributed by atoms with van der Waals surface area (Å²) in [6.07, 6.45) is -3.27. The number of aromatic hydroxyl groups is 2. The number of carbonyl (C=O) groups excluding carboxylic acids is 4. The van der Waals surface area contributed by atoms with E-state index in [4.69, 9.17) is 38.4 Å². The Hall–Kier alpha value is -8.49. The number of hydrogen-bond acceptors (Lipinski definition) is 15. The fraction of sp³-hybridized carbons (Fsp3) is 0.276. The third kappa shape index (κ3) is 12.2. The summed E-state index contributed by atoms with van der Waals surface area (Å²) >= 11 is 13.9. The number of amides is 4. The second-order valence-corrected chi connectivity index (χ2v) is 20.9. The average Bonchev–Trinajstić information content (AvgIpc) is 3.50. The van der Waals surface area contributed by atoms with E-state index in [-0.39, 0.29) is 101 Å². The van der Waals surface area contributed by atoms with Crippen LogP contribution in [0.5, 0.6) is 34.5 Å². The number of nitrogens with two attached hydrogens (primary N) is 1. The molecule has 418 valence electrons. The number of phenolic OH excluding ortho intramolecular Hbond substituents is 2. The van der Waals surface area contributed by atoms with Gasteiger partial charge in [-0.1, -0.05) is 87.1 Å². The zero-order chi connectivity index (χ0) is 58.0. The monoisotopic (exact) mass is 1130 g/mol. The van der Waals surface area contributed by atoms with Gasteiger partial charge in [-0.2, -0.15) is 0 Å². The van der Waals surface area contributed by atoms with Crippen molar-refractivity contribution in [2.45, 2.75) is 88.1 Å². The number of aliphatic hydroxyl groups excluding tert-OH is 2. The van der Waals surface area contributed by atoms with Crippen LogP contribution in [0.3, 0.4) is 0 Å². The maximum Gasteiger partial charge on any atom is 0.330 e. The molecule has 11 bridgehead atoms. The van der Waals surface area contributed by atoms with Crippen LogP contribution in [0.25, 0.3) is 11.1 Å².